The molecule has 0 fully saturated rings. The number of amides is 1. The number of hydrazine groups is 1. The molecule has 0 aromatic heterocycles. The Morgan fingerprint density at radius 3 is 2.45 bits per heavy atom. The average Bonchev–Trinajstić information content (AvgIpc) is 1.84. The topological polar surface area (TPSA) is 75.5 Å². The summed E-state index contributed by atoms with van der Waals surface area (Å²) in [5.74, 6) is -0.216. The van der Waals surface area contributed by atoms with E-state index in [1.165, 1.54) is 25.8 Å². The average molecular weight is 161 g/mol. The maximum Gasteiger partial charge on any atom is 0.220 e. The van der Waals surface area contributed by atoms with E-state index in [-0.39, 0.29) is 5.91 Å². The Labute approximate surface area is 64.3 Å². The molecule has 0 aliphatic rings. The van der Waals surface area contributed by atoms with Crippen LogP contribution in [0.4, 0.5) is 0 Å². The van der Waals surface area contributed by atoms with Gasteiger partial charge in [-0.05, 0) is 6.92 Å². The number of nitrogens with zero attached hydrogens (tertiary/aromatic N) is 2. The van der Waals surface area contributed by atoms with Crippen LogP contribution in [0.1, 0.15) is 13.8 Å². The second kappa shape index (κ2) is 3.75. The Hall–Kier alpha value is -1.33. The van der Waals surface area contributed by atoms with E-state index in [9.17, 15) is 14.9 Å². The van der Waals surface area contributed by atoms with E-state index in [0.29, 0.717) is 0 Å². The van der Waals surface area contributed by atoms with Crippen molar-refractivity contribution in [1.82, 2.24) is 10.3 Å². The van der Waals surface area contributed by atoms with E-state index >= 15 is 0 Å². The normalized spacial score (nSPS) is 11.9. The van der Waals surface area contributed by atoms with Crippen molar-refractivity contribution in [2.75, 3.05) is 7.05 Å². The number of carbonyl (C=O) groups is 1. The molecule has 0 saturated heterocycles. The molecule has 0 spiro atoms. The molecule has 11 heavy (non-hydrogen) atoms. The molecular formula is C5H11N3O3. The monoisotopic (exact) mass is 161 g/mol. The molecule has 64 valence electrons. The largest absolute Gasteiger partial charge is 0.321 e. The van der Waals surface area contributed by atoms with Gasteiger partial charge in [-0.25, -0.2) is 10.1 Å². The van der Waals surface area contributed by atoms with Crippen LogP contribution in [-0.4, -0.2) is 29.1 Å². The lowest BCUT2D eigenvalue weighted by molar-refractivity contribution is -0.554. The van der Waals surface area contributed by atoms with Gasteiger partial charge in [-0.3, -0.25) is 4.79 Å². The molecule has 1 unspecified atom stereocenters. The van der Waals surface area contributed by atoms with Crippen LogP contribution in [0.2, 0.25) is 0 Å². The summed E-state index contributed by atoms with van der Waals surface area (Å²) in [4.78, 5) is 21.8. The molecule has 6 heteroatoms. The van der Waals surface area contributed by atoms with Crippen molar-refractivity contribution >= 4 is 5.91 Å². The molecule has 6 nitrogen and oxygen atoms in total. The zero-order chi connectivity index (χ0) is 9.02. The fraction of sp³-hybridized carbons (Fsp3) is 0.800. The molecule has 0 aliphatic heterocycles. The van der Waals surface area contributed by atoms with Crippen LogP contribution in [0, 0.1) is 10.1 Å². The number of rotatable bonds is 3. The third kappa shape index (κ3) is 3.39. The van der Waals surface area contributed by atoms with Crippen LogP contribution in [0.3, 0.4) is 0 Å². The van der Waals surface area contributed by atoms with Crippen molar-refractivity contribution in [2.45, 2.75) is 20.0 Å². The minimum atomic E-state index is -0.676. The van der Waals surface area contributed by atoms with Crippen molar-refractivity contribution < 1.29 is 9.83 Å². The highest BCUT2D eigenvalue weighted by atomic mass is 16.7. The second-order valence-corrected chi connectivity index (χ2v) is 2.19. The minimum absolute atomic E-state index is 0.216. The first-order valence-corrected chi connectivity index (χ1v) is 3.09. The maximum absolute atomic E-state index is 10.6. The van der Waals surface area contributed by atoms with Crippen molar-refractivity contribution in [2.24, 2.45) is 0 Å². The zero-order valence-corrected chi connectivity index (χ0v) is 6.70. The van der Waals surface area contributed by atoms with Crippen LogP contribution in [0.25, 0.3) is 0 Å². The summed E-state index contributed by atoms with van der Waals surface area (Å²) in [5, 5.41) is 9.22. The Morgan fingerprint density at radius 2 is 2.18 bits per heavy atom. The van der Waals surface area contributed by atoms with Crippen molar-refractivity contribution in [3.63, 3.8) is 0 Å². The van der Waals surface area contributed by atoms with E-state index in [1.54, 1.807) is 0 Å². The molecule has 0 bridgehead atoms. The number of nitro groups is 1. The third-order valence-corrected chi connectivity index (χ3v) is 1.37. The Bertz CT molecular complexity index is 170. The van der Waals surface area contributed by atoms with Crippen molar-refractivity contribution in [3.8, 4) is 0 Å². The number of nitrogens with one attached hydrogen (secondary N) is 1. The summed E-state index contributed by atoms with van der Waals surface area (Å²) < 4.78 is 0. The van der Waals surface area contributed by atoms with Gasteiger partial charge in [0, 0.05) is 14.0 Å². The van der Waals surface area contributed by atoms with E-state index < -0.39 is 11.2 Å². The van der Waals surface area contributed by atoms with Crippen LogP contribution < -0.4 is 5.43 Å². The molecule has 1 N–H and O–H groups in total. The molecule has 0 saturated carbocycles. The van der Waals surface area contributed by atoms with E-state index in [0.717, 1.165) is 0 Å². The highest BCUT2D eigenvalue weighted by Crippen LogP contribution is 1.90. The van der Waals surface area contributed by atoms with Gasteiger partial charge in [-0.15, -0.1) is 5.43 Å². The summed E-state index contributed by atoms with van der Waals surface area (Å²) in [7, 11) is 1.49. The smallest absolute Gasteiger partial charge is 0.220 e. The van der Waals surface area contributed by atoms with Crippen molar-refractivity contribution in [1.29, 1.82) is 0 Å². The molecule has 0 radical (unpaired) electrons. The first kappa shape index (κ1) is 9.67. The summed E-state index contributed by atoms with van der Waals surface area (Å²) in [6.45, 7) is 2.88. The first-order chi connectivity index (χ1) is 4.95. The quantitative estimate of drug-likeness (QED) is 0.347. The van der Waals surface area contributed by atoms with Crippen LogP contribution >= 0.6 is 0 Å². The van der Waals surface area contributed by atoms with Crippen LogP contribution in [-0.2, 0) is 4.79 Å². The van der Waals surface area contributed by atoms with E-state index in [2.05, 4.69) is 0 Å². The molecular weight excluding hydrogens is 150 g/mol. The standard InChI is InChI=1S/C5H11N3O3/c1-4(6-8(10)11)7(3)5(2)9/h4,6H,1-3H3. The molecule has 0 rings (SSSR count). The summed E-state index contributed by atoms with van der Waals surface area (Å²) in [6.07, 6.45) is -0.581. The number of hydrogen-bond acceptors (Lipinski definition) is 3. The highest BCUT2D eigenvalue weighted by molar-refractivity contribution is 5.73. The zero-order valence-electron chi connectivity index (χ0n) is 6.70. The SMILES string of the molecule is CC(=O)N(C)C(C)N[N+](=O)[O-]. The predicted molar refractivity (Wildman–Crippen MR) is 38.0 cm³/mol. The first-order valence-electron chi connectivity index (χ1n) is 3.09. The maximum atomic E-state index is 10.6. The van der Waals surface area contributed by atoms with E-state index in [4.69, 9.17) is 0 Å². The second-order valence-electron chi connectivity index (χ2n) is 2.19. The van der Waals surface area contributed by atoms with Gasteiger partial charge >= 0.3 is 0 Å². The fourth-order valence-corrected chi connectivity index (χ4v) is 0.512. The number of carbonyl (C=O) groups excluding carboxylic acids is 1. The van der Waals surface area contributed by atoms with Gasteiger partial charge in [0.15, 0.2) is 11.2 Å². The van der Waals surface area contributed by atoms with Gasteiger partial charge in [0.05, 0.1) is 0 Å². The minimum Gasteiger partial charge on any atom is -0.321 e. The third-order valence-electron chi connectivity index (χ3n) is 1.37. The molecule has 0 aromatic rings. The van der Waals surface area contributed by atoms with Crippen LogP contribution in [0.5, 0.6) is 0 Å². The Kier molecular flexibility index (Phi) is 3.29. The lowest BCUT2D eigenvalue weighted by atomic mass is 10.5. The van der Waals surface area contributed by atoms with E-state index in [1.807, 2.05) is 5.43 Å². The Balaban J connectivity index is 3.92. The number of hydrogen-bond donors (Lipinski definition) is 1. The van der Waals surface area contributed by atoms with Gasteiger partial charge in [-0.2, -0.15) is 0 Å². The molecule has 0 heterocycles. The highest BCUT2D eigenvalue weighted by Gasteiger charge is 2.14. The summed E-state index contributed by atoms with van der Waals surface area (Å²) in [5.41, 5.74) is 1.95. The molecule has 1 amide bonds. The van der Waals surface area contributed by atoms with Gasteiger partial charge < -0.3 is 4.90 Å². The lowest BCUT2D eigenvalue weighted by Gasteiger charge is -2.19. The fourth-order valence-electron chi connectivity index (χ4n) is 0.512. The van der Waals surface area contributed by atoms with Gasteiger partial charge in [0.25, 0.3) is 0 Å². The van der Waals surface area contributed by atoms with Crippen molar-refractivity contribution in [3.05, 3.63) is 10.1 Å². The molecule has 0 aromatic carbocycles. The van der Waals surface area contributed by atoms with Gasteiger partial charge in [0.1, 0.15) is 0 Å². The predicted octanol–water partition coefficient (Wildman–Crippen LogP) is -0.408. The molecule has 0 aliphatic carbocycles. The van der Waals surface area contributed by atoms with Gasteiger partial charge in [-0.1, -0.05) is 0 Å². The van der Waals surface area contributed by atoms with Crippen LogP contribution in [0.15, 0.2) is 0 Å². The lowest BCUT2D eigenvalue weighted by Crippen LogP contribution is -2.45. The summed E-state index contributed by atoms with van der Waals surface area (Å²) >= 11 is 0. The molecule has 1 atom stereocenters. The summed E-state index contributed by atoms with van der Waals surface area (Å²) in [6, 6.07) is 0. The van der Waals surface area contributed by atoms with Gasteiger partial charge in [0.2, 0.25) is 5.91 Å². The Morgan fingerprint density at radius 1 is 1.73 bits per heavy atom.